The lowest BCUT2D eigenvalue weighted by atomic mass is 9.96. The smallest absolute Gasteiger partial charge is 0.193 e. The van der Waals surface area contributed by atoms with Crippen molar-refractivity contribution in [3.05, 3.63) is 64.7 Å². The fourth-order valence-corrected chi connectivity index (χ4v) is 2.57. The SMILES string of the molecule is Cc1cccc(C(=O)c2ccc3c(c2)CCCN3)c1. The van der Waals surface area contributed by atoms with E-state index in [1.165, 1.54) is 11.3 Å². The van der Waals surface area contributed by atoms with E-state index in [1.54, 1.807) is 0 Å². The largest absolute Gasteiger partial charge is 0.385 e. The summed E-state index contributed by atoms with van der Waals surface area (Å²) in [7, 11) is 0. The van der Waals surface area contributed by atoms with E-state index >= 15 is 0 Å². The monoisotopic (exact) mass is 251 g/mol. The van der Waals surface area contributed by atoms with Gasteiger partial charge < -0.3 is 5.32 Å². The number of nitrogens with one attached hydrogen (secondary N) is 1. The van der Waals surface area contributed by atoms with Crippen molar-refractivity contribution >= 4 is 11.5 Å². The van der Waals surface area contributed by atoms with E-state index in [2.05, 4.69) is 5.32 Å². The second-order valence-electron chi connectivity index (χ2n) is 5.10. The molecule has 0 saturated carbocycles. The summed E-state index contributed by atoms with van der Waals surface area (Å²) in [6.45, 7) is 3.03. The Morgan fingerprint density at radius 3 is 2.79 bits per heavy atom. The third kappa shape index (κ3) is 2.39. The highest BCUT2D eigenvalue weighted by atomic mass is 16.1. The van der Waals surface area contributed by atoms with Gasteiger partial charge in [0, 0.05) is 23.4 Å². The molecule has 0 spiro atoms. The van der Waals surface area contributed by atoms with Gasteiger partial charge in [-0.3, -0.25) is 4.79 Å². The summed E-state index contributed by atoms with van der Waals surface area (Å²) in [6, 6.07) is 13.7. The fourth-order valence-electron chi connectivity index (χ4n) is 2.57. The highest BCUT2D eigenvalue weighted by molar-refractivity contribution is 6.09. The molecule has 1 heterocycles. The number of benzene rings is 2. The zero-order chi connectivity index (χ0) is 13.2. The second-order valence-corrected chi connectivity index (χ2v) is 5.10. The molecule has 0 unspecified atom stereocenters. The molecule has 2 aromatic rings. The molecule has 0 aliphatic carbocycles. The zero-order valence-corrected chi connectivity index (χ0v) is 11.1. The van der Waals surface area contributed by atoms with Gasteiger partial charge in [-0.15, -0.1) is 0 Å². The predicted octanol–water partition coefficient (Wildman–Crippen LogP) is 3.58. The Hall–Kier alpha value is -2.09. The van der Waals surface area contributed by atoms with Gasteiger partial charge in [-0.1, -0.05) is 23.8 Å². The number of aryl methyl sites for hydroxylation is 2. The predicted molar refractivity (Wildman–Crippen MR) is 77.9 cm³/mol. The molecule has 3 rings (SSSR count). The van der Waals surface area contributed by atoms with Crippen LogP contribution in [0.1, 0.15) is 33.5 Å². The van der Waals surface area contributed by atoms with Gasteiger partial charge in [0.2, 0.25) is 0 Å². The standard InChI is InChI=1S/C17H17NO/c1-12-4-2-5-14(10-12)17(19)15-7-8-16-13(11-15)6-3-9-18-16/h2,4-5,7-8,10-11,18H,3,6,9H2,1H3. The number of rotatable bonds is 2. The highest BCUT2D eigenvalue weighted by Crippen LogP contribution is 2.24. The van der Waals surface area contributed by atoms with Crippen LogP contribution in [0, 0.1) is 6.92 Å². The van der Waals surface area contributed by atoms with E-state index in [0.29, 0.717) is 0 Å². The molecule has 0 radical (unpaired) electrons. The Bertz CT molecular complexity index is 631. The van der Waals surface area contributed by atoms with Crippen molar-refractivity contribution in [1.29, 1.82) is 0 Å². The molecule has 0 saturated heterocycles. The fraction of sp³-hybridized carbons (Fsp3) is 0.235. The lowest BCUT2D eigenvalue weighted by Gasteiger charge is -2.18. The van der Waals surface area contributed by atoms with Crippen molar-refractivity contribution in [2.24, 2.45) is 0 Å². The highest BCUT2D eigenvalue weighted by Gasteiger charge is 2.13. The molecular formula is C17H17NO. The number of hydrogen-bond acceptors (Lipinski definition) is 2. The summed E-state index contributed by atoms with van der Waals surface area (Å²) in [4.78, 5) is 12.5. The average Bonchev–Trinajstić information content (AvgIpc) is 2.46. The van der Waals surface area contributed by atoms with E-state index in [-0.39, 0.29) is 5.78 Å². The molecule has 2 aromatic carbocycles. The number of carbonyl (C=O) groups is 1. The van der Waals surface area contributed by atoms with Crippen LogP contribution in [-0.2, 0) is 6.42 Å². The number of hydrogen-bond donors (Lipinski definition) is 1. The maximum Gasteiger partial charge on any atom is 0.193 e. The summed E-state index contributed by atoms with van der Waals surface area (Å²) in [5.41, 5.74) is 5.10. The molecule has 1 aliphatic heterocycles. The molecule has 1 aliphatic rings. The summed E-state index contributed by atoms with van der Waals surface area (Å²) in [6.07, 6.45) is 2.19. The van der Waals surface area contributed by atoms with Crippen molar-refractivity contribution in [2.45, 2.75) is 19.8 Å². The minimum Gasteiger partial charge on any atom is -0.385 e. The van der Waals surface area contributed by atoms with Crippen LogP contribution in [0.25, 0.3) is 0 Å². The van der Waals surface area contributed by atoms with Gasteiger partial charge >= 0.3 is 0 Å². The van der Waals surface area contributed by atoms with E-state index in [4.69, 9.17) is 0 Å². The normalized spacial score (nSPS) is 13.5. The number of anilines is 1. The number of carbonyl (C=O) groups excluding carboxylic acids is 1. The van der Waals surface area contributed by atoms with Crippen LogP contribution in [0.2, 0.25) is 0 Å². The average molecular weight is 251 g/mol. The Balaban J connectivity index is 1.96. The molecule has 0 fully saturated rings. The Kier molecular flexibility index (Phi) is 3.08. The minimum atomic E-state index is 0.108. The first-order valence-electron chi connectivity index (χ1n) is 6.72. The van der Waals surface area contributed by atoms with E-state index in [0.717, 1.165) is 36.1 Å². The van der Waals surface area contributed by atoms with Gasteiger partial charge in [0.05, 0.1) is 0 Å². The molecule has 0 aromatic heterocycles. The van der Waals surface area contributed by atoms with Gasteiger partial charge in [-0.2, -0.15) is 0 Å². The van der Waals surface area contributed by atoms with Crippen LogP contribution in [0.3, 0.4) is 0 Å². The van der Waals surface area contributed by atoms with Crippen molar-refractivity contribution < 1.29 is 4.79 Å². The Morgan fingerprint density at radius 2 is 1.95 bits per heavy atom. The first-order valence-corrected chi connectivity index (χ1v) is 6.72. The second kappa shape index (κ2) is 4.88. The van der Waals surface area contributed by atoms with Crippen LogP contribution < -0.4 is 5.32 Å². The maximum atomic E-state index is 12.5. The van der Waals surface area contributed by atoms with E-state index < -0.39 is 0 Å². The Morgan fingerprint density at radius 1 is 1.11 bits per heavy atom. The summed E-state index contributed by atoms with van der Waals surface area (Å²) in [5, 5.41) is 3.37. The van der Waals surface area contributed by atoms with Crippen LogP contribution in [0.4, 0.5) is 5.69 Å². The van der Waals surface area contributed by atoms with Gasteiger partial charge in [0.15, 0.2) is 5.78 Å². The summed E-state index contributed by atoms with van der Waals surface area (Å²) >= 11 is 0. The van der Waals surface area contributed by atoms with Gasteiger partial charge in [0.1, 0.15) is 0 Å². The van der Waals surface area contributed by atoms with Gasteiger partial charge in [0.25, 0.3) is 0 Å². The third-order valence-electron chi connectivity index (χ3n) is 3.59. The molecule has 2 nitrogen and oxygen atoms in total. The minimum absolute atomic E-state index is 0.108. The first-order chi connectivity index (χ1) is 9.24. The molecular weight excluding hydrogens is 234 g/mol. The molecule has 96 valence electrons. The molecule has 19 heavy (non-hydrogen) atoms. The maximum absolute atomic E-state index is 12.5. The third-order valence-corrected chi connectivity index (χ3v) is 3.59. The lowest BCUT2D eigenvalue weighted by molar-refractivity contribution is 0.103. The molecule has 1 N–H and O–H groups in total. The van der Waals surface area contributed by atoms with Crippen molar-refractivity contribution in [3.8, 4) is 0 Å². The molecule has 0 bridgehead atoms. The van der Waals surface area contributed by atoms with Gasteiger partial charge in [-0.05, 0) is 49.6 Å². The molecule has 0 atom stereocenters. The van der Waals surface area contributed by atoms with Crippen molar-refractivity contribution in [2.75, 3.05) is 11.9 Å². The zero-order valence-electron chi connectivity index (χ0n) is 11.1. The first kappa shape index (κ1) is 12.0. The van der Waals surface area contributed by atoms with Crippen LogP contribution in [0.5, 0.6) is 0 Å². The van der Waals surface area contributed by atoms with Crippen LogP contribution in [-0.4, -0.2) is 12.3 Å². The quantitative estimate of drug-likeness (QED) is 0.826. The topological polar surface area (TPSA) is 29.1 Å². The molecule has 2 heteroatoms. The van der Waals surface area contributed by atoms with Crippen LogP contribution >= 0.6 is 0 Å². The summed E-state index contributed by atoms with van der Waals surface area (Å²) < 4.78 is 0. The lowest BCUT2D eigenvalue weighted by Crippen LogP contribution is -2.12. The van der Waals surface area contributed by atoms with Crippen molar-refractivity contribution in [1.82, 2.24) is 0 Å². The van der Waals surface area contributed by atoms with E-state index in [1.807, 2.05) is 49.4 Å². The van der Waals surface area contributed by atoms with E-state index in [9.17, 15) is 4.79 Å². The Labute approximate surface area is 113 Å². The molecule has 0 amide bonds. The number of fused-ring (bicyclic) bond motifs is 1. The number of ketones is 1. The van der Waals surface area contributed by atoms with Crippen LogP contribution in [0.15, 0.2) is 42.5 Å². The van der Waals surface area contributed by atoms with Gasteiger partial charge in [-0.25, -0.2) is 0 Å². The summed E-state index contributed by atoms with van der Waals surface area (Å²) in [5.74, 6) is 0.108. The van der Waals surface area contributed by atoms with Crippen molar-refractivity contribution in [3.63, 3.8) is 0 Å².